The lowest BCUT2D eigenvalue weighted by molar-refractivity contribution is -0.121. The largest absolute Gasteiger partial charge is 0.496 e. The highest BCUT2D eigenvalue weighted by atomic mass is 19.1. The zero-order valence-electron chi connectivity index (χ0n) is 9.26. The van der Waals surface area contributed by atoms with Gasteiger partial charge in [0.05, 0.1) is 25.2 Å². The molecule has 2 atom stereocenters. The number of amides is 1. The molecule has 5 nitrogen and oxygen atoms in total. The summed E-state index contributed by atoms with van der Waals surface area (Å²) in [4.78, 5) is 10.6. The number of nitrogens with two attached hydrogens (primary N) is 1. The summed E-state index contributed by atoms with van der Waals surface area (Å²) in [7, 11) is 1.31. The summed E-state index contributed by atoms with van der Waals surface area (Å²) in [6, 6.07) is 3.97. The van der Waals surface area contributed by atoms with E-state index in [1.165, 1.54) is 19.2 Å². The van der Waals surface area contributed by atoms with E-state index in [9.17, 15) is 19.4 Å². The normalized spacial score (nSPS) is 14.1. The molecule has 0 aliphatic heterocycles. The van der Waals surface area contributed by atoms with Crippen LogP contribution in [0.25, 0.3) is 0 Å². The molecule has 1 amide bonds. The van der Waals surface area contributed by atoms with Crippen LogP contribution in [-0.2, 0) is 4.79 Å². The molecule has 1 aromatic rings. The van der Waals surface area contributed by atoms with E-state index in [2.05, 4.69) is 0 Å². The quantitative estimate of drug-likeness (QED) is 0.684. The second-order valence-electron chi connectivity index (χ2n) is 3.54. The van der Waals surface area contributed by atoms with Crippen LogP contribution in [0.2, 0.25) is 0 Å². The molecule has 2 unspecified atom stereocenters. The SMILES string of the molecule is COc1cccc(F)c1C(O)C(O)CC(N)=O. The maximum Gasteiger partial charge on any atom is 0.220 e. The van der Waals surface area contributed by atoms with Gasteiger partial charge in [-0.3, -0.25) is 4.79 Å². The van der Waals surface area contributed by atoms with E-state index >= 15 is 0 Å². The van der Waals surface area contributed by atoms with Crippen LogP contribution >= 0.6 is 0 Å². The fourth-order valence-electron chi connectivity index (χ4n) is 1.49. The number of primary amides is 1. The first-order chi connectivity index (χ1) is 7.97. The first-order valence-electron chi connectivity index (χ1n) is 4.94. The number of rotatable bonds is 5. The van der Waals surface area contributed by atoms with Crippen molar-refractivity contribution in [2.24, 2.45) is 5.73 Å². The molecule has 6 heteroatoms. The lowest BCUT2D eigenvalue weighted by atomic mass is 10.0. The highest BCUT2D eigenvalue weighted by Gasteiger charge is 2.26. The molecule has 0 aromatic heterocycles. The third-order valence-electron chi connectivity index (χ3n) is 2.30. The summed E-state index contributed by atoms with van der Waals surface area (Å²) in [5.74, 6) is -1.41. The maximum atomic E-state index is 13.5. The molecule has 0 bridgehead atoms. The van der Waals surface area contributed by atoms with Gasteiger partial charge >= 0.3 is 0 Å². The highest BCUT2D eigenvalue weighted by molar-refractivity contribution is 5.74. The Bertz CT molecular complexity index is 410. The van der Waals surface area contributed by atoms with Crippen molar-refractivity contribution >= 4 is 5.91 Å². The molecule has 0 aliphatic carbocycles. The minimum atomic E-state index is -1.57. The number of carbonyl (C=O) groups is 1. The van der Waals surface area contributed by atoms with Gasteiger partial charge in [0.2, 0.25) is 5.91 Å². The lowest BCUT2D eigenvalue weighted by Gasteiger charge is -2.19. The standard InChI is InChI=1S/C11H14FNO4/c1-17-8-4-2-3-6(12)10(8)11(16)7(14)5-9(13)15/h2-4,7,11,14,16H,5H2,1H3,(H2,13,15). The first kappa shape index (κ1) is 13.4. The number of aliphatic hydroxyl groups is 2. The van der Waals surface area contributed by atoms with E-state index in [0.29, 0.717) is 0 Å². The summed E-state index contributed by atoms with van der Waals surface area (Å²) in [5, 5.41) is 19.3. The topological polar surface area (TPSA) is 92.8 Å². The third kappa shape index (κ3) is 3.15. The number of methoxy groups -OCH3 is 1. The van der Waals surface area contributed by atoms with E-state index in [-0.39, 0.29) is 11.3 Å². The van der Waals surface area contributed by atoms with Crippen LogP contribution < -0.4 is 10.5 Å². The van der Waals surface area contributed by atoms with Crippen molar-refractivity contribution in [1.82, 2.24) is 0 Å². The van der Waals surface area contributed by atoms with Crippen molar-refractivity contribution < 1.29 is 24.1 Å². The average molecular weight is 243 g/mol. The Balaban J connectivity index is 3.02. The van der Waals surface area contributed by atoms with Crippen molar-refractivity contribution in [2.75, 3.05) is 7.11 Å². The Labute approximate surface area is 97.6 Å². The Morgan fingerprint density at radius 3 is 2.71 bits per heavy atom. The van der Waals surface area contributed by atoms with Crippen molar-refractivity contribution in [1.29, 1.82) is 0 Å². The van der Waals surface area contributed by atoms with Crippen LogP contribution in [0.5, 0.6) is 5.75 Å². The number of benzene rings is 1. The van der Waals surface area contributed by atoms with E-state index in [1.807, 2.05) is 0 Å². The summed E-state index contributed by atoms with van der Waals surface area (Å²) >= 11 is 0. The van der Waals surface area contributed by atoms with Gasteiger partial charge in [0, 0.05) is 0 Å². The van der Waals surface area contributed by atoms with Crippen LogP contribution in [0.3, 0.4) is 0 Å². The molecule has 17 heavy (non-hydrogen) atoms. The molecule has 0 saturated heterocycles. The zero-order valence-corrected chi connectivity index (χ0v) is 9.26. The average Bonchev–Trinajstić information content (AvgIpc) is 2.26. The van der Waals surface area contributed by atoms with Gasteiger partial charge in [-0.2, -0.15) is 0 Å². The van der Waals surface area contributed by atoms with Gasteiger partial charge in [-0.1, -0.05) is 6.07 Å². The summed E-state index contributed by atoms with van der Waals surface area (Å²) < 4.78 is 18.4. The lowest BCUT2D eigenvalue weighted by Crippen LogP contribution is -2.26. The number of aliphatic hydroxyl groups excluding tert-OH is 2. The molecule has 0 radical (unpaired) electrons. The molecule has 0 spiro atoms. The van der Waals surface area contributed by atoms with Crippen LogP contribution in [0.1, 0.15) is 18.1 Å². The smallest absolute Gasteiger partial charge is 0.220 e. The maximum absolute atomic E-state index is 13.5. The molecule has 0 fully saturated rings. The van der Waals surface area contributed by atoms with Crippen LogP contribution in [0.4, 0.5) is 4.39 Å². The van der Waals surface area contributed by atoms with Crippen molar-refractivity contribution in [2.45, 2.75) is 18.6 Å². The highest BCUT2D eigenvalue weighted by Crippen LogP contribution is 2.30. The second-order valence-corrected chi connectivity index (χ2v) is 3.54. The number of halogens is 1. The summed E-state index contributed by atoms with van der Waals surface area (Å²) in [6.07, 6.45) is -3.50. The van der Waals surface area contributed by atoms with Gasteiger partial charge in [-0.15, -0.1) is 0 Å². The Kier molecular flexibility index (Phi) is 4.42. The van der Waals surface area contributed by atoms with Gasteiger partial charge in [-0.05, 0) is 12.1 Å². The summed E-state index contributed by atoms with van der Waals surface area (Å²) in [6.45, 7) is 0. The first-order valence-corrected chi connectivity index (χ1v) is 4.94. The Morgan fingerprint density at radius 1 is 1.53 bits per heavy atom. The minimum absolute atomic E-state index is 0.0982. The predicted octanol–water partition coefficient (Wildman–Crippen LogP) is 0.104. The molecular weight excluding hydrogens is 229 g/mol. The monoisotopic (exact) mass is 243 g/mol. The van der Waals surface area contributed by atoms with Crippen LogP contribution in [0.15, 0.2) is 18.2 Å². The Morgan fingerprint density at radius 2 is 2.18 bits per heavy atom. The number of ether oxygens (including phenoxy) is 1. The van der Waals surface area contributed by atoms with Crippen molar-refractivity contribution in [3.63, 3.8) is 0 Å². The van der Waals surface area contributed by atoms with Gasteiger partial charge in [0.15, 0.2) is 0 Å². The minimum Gasteiger partial charge on any atom is -0.496 e. The summed E-state index contributed by atoms with van der Waals surface area (Å²) in [5.41, 5.74) is 4.69. The predicted molar refractivity (Wildman–Crippen MR) is 57.7 cm³/mol. The van der Waals surface area contributed by atoms with Crippen molar-refractivity contribution in [3.8, 4) is 5.75 Å². The van der Waals surface area contributed by atoms with E-state index < -0.39 is 30.4 Å². The molecule has 4 N–H and O–H groups in total. The third-order valence-corrected chi connectivity index (χ3v) is 2.30. The van der Waals surface area contributed by atoms with E-state index in [4.69, 9.17) is 10.5 Å². The number of hydrogen-bond acceptors (Lipinski definition) is 4. The van der Waals surface area contributed by atoms with Gasteiger partial charge in [0.1, 0.15) is 17.7 Å². The molecular formula is C11H14FNO4. The zero-order chi connectivity index (χ0) is 13.0. The Hall–Kier alpha value is -1.66. The van der Waals surface area contributed by atoms with E-state index in [0.717, 1.165) is 6.07 Å². The van der Waals surface area contributed by atoms with Gasteiger partial charge in [0.25, 0.3) is 0 Å². The molecule has 94 valence electrons. The molecule has 0 heterocycles. The molecule has 0 aliphatic rings. The van der Waals surface area contributed by atoms with Gasteiger partial charge in [-0.25, -0.2) is 4.39 Å². The van der Waals surface area contributed by atoms with Gasteiger partial charge < -0.3 is 20.7 Å². The van der Waals surface area contributed by atoms with Crippen LogP contribution in [0, 0.1) is 5.82 Å². The molecule has 0 saturated carbocycles. The van der Waals surface area contributed by atoms with E-state index in [1.54, 1.807) is 0 Å². The molecule has 1 aromatic carbocycles. The fraction of sp³-hybridized carbons (Fsp3) is 0.364. The number of hydrogen-bond donors (Lipinski definition) is 3. The fourth-order valence-corrected chi connectivity index (χ4v) is 1.49. The number of carbonyl (C=O) groups excluding carboxylic acids is 1. The molecule has 1 rings (SSSR count). The van der Waals surface area contributed by atoms with Crippen molar-refractivity contribution in [3.05, 3.63) is 29.6 Å². The van der Waals surface area contributed by atoms with Crippen LogP contribution in [-0.4, -0.2) is 29.3 Å². The second kappa shape index (κ2) is 5.60.